The molecule has 0 radical (unpaired) electrons. The third-order valence-corrected chi connectivity index (χ3v) is 3.84. The molecule has 1 amide bonds. The van der Waals surface area contributed by atoms with E-state index in [1.54, 1.807) is 23.3 Å². The monoisotopic (exact) mass is 321 g/mol. The summed E-state index contributed by atoms with van der Waals surface area (Å²) in [5, 5.41) is 3.28. The van der Waals surface area contributed by atoms with Gasteiger partial charge in [0.15, 0.2) is 0 Å². The van der Waals surface area contributed by atoms with Crippen LogP contribution in [0.1, 0.15) is 16.1 Å². The van der Waals surface area contributed by atoms with Crippen LogP contribution in [0.25, 0.3) is 5.69 Å². The van der Waals surface area contributed by atoms with Crippen LogP contribution >= 0.6 is 0 Å². The summed E-state index contributed by atoms with van der Waals surface area (Å²) in [6.07, 6.45) is 5.75. The number of nitrogens with zero attached hydrogens (tertiary/aromatic N) is 3. The predicted octanol–water partition coefficient (Wildman–Crippen LogP) is 2.04. The number of nitrogens with one attached hydrogen (secondary N) is 1. The molecule has 3 N–H and O–H groups in total. The van der Waals surface area contributed by atoms with Gasteiger partial charge in [-0.3, -0.25) is 4.79 Å². The highest BCUT2D eigenvalue weighted by Crippen LogP contribution is 2.29. The molecule has 0 atom stereocenters. The fraction of sp³-hybridized carbons (Fsp3) is 0.118. The summed E-state index contributed by atoms with van der Waals surface area (Å²) < 4.78 is 7.24. The largest absolute Gasteiger partial charge is 0.493 e. The summed E-state index contributed by atoms with van der Waals surface area (Å²) in [5.74, 6) is 1.09. The maximum atomic E-state index is 11.2. The lowest BCUT2D eigenvalue weighted by molar-refractivity contribution is 0.0996. The zero-order valence-corrected chi connectivity index (χ0v) is 12.8. The smallest absolute Gasteiger partial charge is 0.268 e. The van der Waals surface area contributed by atoms with E-state index in [4.69, 9.17) is 10.5 Å². The van der Waals surface area contributed by atoms with Crippen molar-refractivity contribution in [1.82, 2.24) is 14.5 Å². The zero-order chi connectivity index (χ0) is 16.5. The highest BCUT2D eigenvalue weighted by atomic mass is 16.5. The molecule has 0 bridgehead atoms. The second kappa shape index (κ2) is 5.69. The van der Waals surface area contributed by atoms with Crippen LogP contribution in [-0.4, -0.2) is 27.0 Å². The summed E-state index contributed by atoms with van der Waals surface area (Å²) >= 11 is 0. The predicted molar refractivity (Wildman–Crippen MR) is 88.8 cm³/mol. The number of rotatable bonds is 4. The minimum absolute atomic E-state index is 0.222. The molecule has 0 spiro atoms. The molecule has 0 aliphatic carbocycles. The van der Waals surface area contributed by atoms with Crippen molar-refractivity contribution in [2.75, 3.05) is 11.9 Å². The van der Waals surface area contributed by atoms with E-state index in [0.717, 1.165) is 30.2 Å². The second-order valence-electron chi connectivity index (χ2n) is 5.48. The van der Waals surface area contributed by atoms with Crippen molar-refractivity contribution in [1.29, 1.82) is 0 Å². The standard InChI is InChI=1S/C17H15N5O2/c18-17(23)14-9-22(10-20-14)13-3-5-19-16(8-13)21-12-1-2-15-11(7-12)4-6-24-15/h1-3,5,7-10H,4,6H2,(H2,18,23)(H,19,21). The summed E-state index contributed by atoms with van der Waals surface area (Å²) in [6.45, 7) is 0.731. The number of aromatic nitrogens is 3. The third-order valence-electron chi connectivity index (χ3n) is 3.84. The van der Waals surface area contributed by atoms with Gasteiger partial charge in [0.25, 0.3) is 5.91 Å². The lowest BCUT2D eigenvalue weighted by Crippen LogP contribution is -2.11. The van der Waals surface area contributed by atoms with Gasteiger partial charge in [0.2, 0.25) is 0 Å². The number of nitrogens with two attached hydrogens (primary N) is 1. The number of ether oxygens (including phenoxy) is 1. The number of hydrogen-bond acceptors (Lipinski definition) is 5. The molecule has 1 aliphatic rings. The van der Waals surface area contributed by atoms with Gasteiger partial charge in [-0.1, -0.05) is 0 Å². The Kier molecular flexibility index (Phi) is 3.38. The normalized spacial score (nSPS) is 12.5. The van der Waals surface area contributed by atoms with Crippen molar-refractivity contribution >= 4 is 17.4 Å². The second-order valence-corrected chi connectivity index (χ2v) is 5.48. The number of hydrogen-bond donors (Lipinski definition) is 2. The molecule has 1 aromatic carbocycles. The number of benzene rings is 1. The fourth-order valence-corrected chi connectivity index (χ4v) is 2.65. The molecule has 0 unspecified atom stereocenters. The summed E-state index contributed by atoms with van der Waals surface area (Å²) in [5.41, 5.74) is 8.43. The number of amides is 1. The third kappa shape index (κ3) is 2.67. The lowest BCUT2D eigenvalue weighted by atomic mass is 10.1. The topological polar surface area (TPSA) is 95.1 Å². The van der Waals surface area contributed by atoms with E-state index < -0.39 is 5.91 Å². The first-order chi connectivity index (χ1) is 11.7. The highest BCUT2D eigenvalue weighted by molar-refractivity contribution is 5.90. The van der Waals surface area contributed by atoms with Crippen molar-refractivity contribution < 1.29 is 9.53 Å². The van der Waals surface area contributed by atoms with E-state index in [9.17, 15) is 4.79 Å². The molecule has 7 nitrogen and oxygen atoms in total. The fourth-order valence-electron chi connectivity index (χ4n) is 2.65. The van der Waals surface area contributed by atoms with Crippen molar-refractivity contribution in [3.05, 3.63) is 60.3 Å². The first kappa shape index (κ1) is 14.3. The van der Waals surface area contributed by atoms with Crippen LogP contribution in [-0.2, 0) is 6.42 Å². The van der Waals surface area contributed by atoms with Gasteiger partial charge >= 0.3 is 0 Å². The number of fused-ring (bicyclic) bond motifs is 1. The van der Waals surface area contributed by atoms with Gasteiger partial charge in [-0.2, -0.15) is 0 Å². The van der Waals surface area contributed by atoms with E-state index in [1.807, 2.05) is 24.3 Å². The molecule has 1 aliphatic heterocycles. The van der Waals surface area contributed by atoms with Gasteiger partial charge in [-0.25, -0.2) is 9.97 Å². The van der Waals surface area contributed by atoms with Crippen LogP contribution < -0.4 is 15.8 Å². The molecule has 0 saturated carbocycles. The maximum absolute atomic E-state index is 11.2. The molecule has 4 rings (SSSR count). The summed E-state index contributed by atoms with van der Waals surface area (Å²) in [6, 6.07) is 9.69. The molecule has 2 aromatic heterocycles. The maximum Gasteiger partial charge on any atom is 0.268 e. The number of imidazole rings is 1. The van der Waals surface area contributed by atoms with Gasteiger partial charge in [0, 0.05) is 30.6 Å². The molecule has 7 heteroatoms. The van der Waals surface area contributed by atoms with E-state index in [0.29, 0.717) is 5.82 Å². The molecule has 0 saturated heterocycles. The van der Waals surface area contributed by atoms with Crippen LogP contribution in [0.3, 0.4) is 0 Å². The summed E-state index contributed by atoms with van der Waals surface area (Å²) in [4.78, 5) is 19.5. The van der Waals surface area contributed by atoms with Crippen LogP contribution in [0.2, 0.25) is 0 Å². The molecular weight excluding hydrogens is 306 g/mol. The number of primary amides is 1. The van der Waals surface area contributed by atoms with Gasteiger partial charge in [0.05, 0.1) is 12.3 Å². The number of pyridine rings is 1. The Morgan fingerprint density at radius 1 is 1.25 bits per heavy atom. The minimum atomic E-state index is -0.554. The Bertz CT molecular complexity index is 919. The SMILES string of the molecule is NC(=O)c1cn(-c2ccnc(Nc3ccc4c(c3)CCO4)c2)cn1. The van der Waals surface area contributed by atoms with Crippen molar-refractivity contribution in [3.63, 3.8) is 0 Å². The van der Waals surface area contributed by atoms with Crippen molar-refractivity contribution in [3.8, 4) is 11.4 Å². The Labute approximate surface area is 138 Å². The first-order valence-electron chi connectivity index (χ1n) is 7.52. The molecule has 0 fully saturated rings. The minimum Gasteiger partial charge on any atom is -0.493 e. The van der Waals surface area contributed by atoms with Crippen LogP contribution in [0.15, 0.2) is 49.1 Å². The lowest BCUT2D eigenvalue weighted by Gasteiger charge is -2.09. The van der Waals surface area contributed by atoms with Gasteiger partial charge in [0.1, 0.15) is 23.6 Å². The highest BCUT2D eigenvalue weighted by Gasteiger charge is 2.12. The average molecular weight is 321 g/mol. The Balaban J connectivity index is 1.59. The van der Waals surface area contributed by atoms with Gasteiger partial charge in [-0.15, -0.1) is 0 Å². The van der Waals surface area contributed by atoms with Crippen LogP contribution in [0.5, 0.6) is 5.75 Å². The van der Waals surface area contributed by atoms with Crippen molar-refractivity contribution in [2.45, 2.75) is 6.42 Å². The number of anilines is 2. The molecule has 3 heterocycles. The zero-order valence-electron chi connectivity index (χ0n) is 12.8. The molecular formula is C17H15N5O2. The van der Waals surface area contributed by atoms with Crippen molar-refractivity contribution in [2.24, 2.45) is 5.73 Å². The van der Waals surface area contributed by atoms with Crippen LogP contribution in [0, 0.1) is 0 Å². The average Bonchev–Trinajstić information content (AvgIpc) is 3.24. The van der Waals surface area contributed by atoms with E-state index in [2.05, 4.69) is 21.4 Å². The first-order valence-corrected chi connectivity index (χ1v) is 7.52. The van der Waals surface area contributed by atoms with E-state index >= 15 is 0 Å². The van der Waals surface area contributed by atoms with Gasteiger partial charge < -0.3 is 20.4 Å². The Morgan fingerprint density at radius 2 is 2.17 bits per heavy atom. The van der Waals surface area contributed by atoms with E-state index in [1.165, 1.54) is 5.56 Å². The Hall–Kier alpha value is -3.35. The number of carbonyl (C=O) groups is 1. The molecule has 24 heavy (non-hydrogen) atoms. The summed E-state index contributed by atoms with van der Waals surface area (Å²) in [7, 11) is 0. The van der Waals surface area contributed by atoms with Gasteiger partial charge in [-0.05, 0) is 29.8 Å². The van der Waals surface area contributed by atoms with Crippen LogP contribution in [0.4, 0.5) is 11.5 Å². The quantitative estimate of drug-likeness (QED) is 0.767. The Morgan fingerprint density at radius 3 is 3.00 bits per heavy atom. The van der Waals surface area contributed by atoms with E-state index in [-0.39, 0.29) is 5.69 Å². The molecule has 3 aromatic rings. The number of carbonyl (C=O) groups excluding carboxylic acids is 1. The molecule has 120 valence electrons.